The van der Waals surface area contributed by atoms with Gasteiger partial charge in [-0.3, -0.25) is 4.68 Å². The third kappa shape index (κ3) is 2.37. The highest BCUT2D eigenvalue weighted by Crippen LogP contribution is 2.13. The summed E-state index contributed by atoms with van der Waals surface area (Å²) in [7, 11) is -0.205. The number of imidazole rings is 1. The van der Waals surface area contributed by atoms with Gasteiger partial charge >= 0.3 is 0 Å². The van der Waals surface area contributed by atoms with Crippen LogP contribution >= 0.6 is 0 Å². The van der Waals surface area contributed by atoms with E-state index in [1.165, 1.54) is 23.9 Å². The second-order valence-corrected chi connectivity index (χ2v) is 5.71. The molecular formula is C9H13N5O2S. The first kappa shape index (κ1) is 11.8. The van der Waals surface area contributed by atoms with E-state index < -0.39 is 10.0 Å². The Balaban J connectivity index is 2.18. The minimum absolute atomic E-state index is 0.0869. The highest BCUT2D eigenvalue weighted by atomic mass is 32.2. The molecule has 0 saturated carbocycles. The monoisotopic (exact) mass is 255 g/mol. The van der Waals surface area contributed by atoms with E-state index in [-0.39, 0.29) is 11.6 Å². The molecule has 2 aromatic rings. The number of nitrogens with zero attached hydrogens (tertiary/aromatic N) is 4. The molecule has 2 heterocycles. The lowest BCUT2D eigenvalue weighted by Crippen LogP contribution is -2.26. The smallest absolute Gasteiger partial charge is 0.260 e. The van der Waals surface area contributed by atoms with Crippen LogP contribution in [-0.4, -0.2) is 39.5 Å². The van der Waals surface area contributed by atoms with Crippen molar-refractivity contribution in [3.8, 4) is 0 Å². The predicted molar refractivity (Wildman–Crippen MR) is 60.4 cm³/mol. The van der Waals surface area contributed by atoms with Crippen molar-refractivity contribution in [2.24, 2.45) is 7.05 Å². The molecule has 0 amide bonds. The van der Waals surface area contributed by atoms with Gasteiger partial charge in [0.1, 0.15) is 0 Å². The highest BCUT2D eigenvalue weighted by Gasteiger charge is 2.22. The van der Waals surface area contributed by atoms with Crippen LogP contribution in [0, 0.1) is 0 Å². The van der Waals surface area contributed by atoms with E-state index in [2.05, 4.69) is 15.1 Å². The minimum atomic E-state index is -3.51. The predicted octanol–water partition coefficient (Wildman–Crippen LogP) is -0.0361. The molecule has 0 bridgehead atoms. The minimum Gasteiger partial charge on any atom is -0.335 e. The Morgan fingerprint density at radius 3 is 2.76 bits per heavy atom. The number of rotatable bonds is 4. The van der Waals surface area contributed by atoms with Crippen LogP contribution in [-0.2, 0) is 23.6 Å². The average Bonchev–Trinajstić information content (AvgIpc) is 2.89. The molecular weight excluding hydrogens is 242 g/mol. The molecule has 0 fully saturated rings. The molecule has 2 rings (SSSR count). The van der Waals surface area contributed by atoms with Gasteiger partial charge in [-0.05, 0) is 0 Å². The molecule has 0 aliphatic heterocycles. The molecule has 0 aromatic carbocycles. The number of nitrogens with one attached hydrogen (secondary N) is 1. The summed E-state index contributed by atoms with van der Waals surface area (Å²) in [6.45, 7) is 0.273. The second kappa shape index (κ2) is 4.30. The van der Waals surface area contributed by atoms with Crippen molar-refractivity contribution in [3.05, 3.63) is 30.5 Å². The Labute approximate surface area is 99.1 Å². The largest absolute Gasteiger partial charge is 0.335 e. The van der Waals surface area contributed by atoms with Crippen LogP contribution in [0.3, 0.4) is 0 Å². The number of aromatic amines is 1. The van der Waals surface area contributed by atoms with E-state index in [1.807, 2.05) is 0 Å². The Morgan fingerprint density at radius 2 is 2.24 bits per heavy atom. The van der Waals surface area contributed by atoms with E-state index in [0.717, 1.165) is 5.56 Å². The van der Waals surface area contributed by atoms with Gasteiger partial charge in [-0.25, -0.2) is 13.4 Å². The summed E-state index contributed by atoms with van der Waals surface area (Å²) in [4.78, 5) is 6.29. The third-order valence-electron chi connectivity index (χ3n) is 2.32. The van der Waals surface area contributed by atoms with Gasteiger partial charge in [-0.1, -0.05) is 0 Å². The molecule has 0 unspecified atom stereocenters. The number of aryl methyl sites for hydroxylation is 1. The number of hydrogen-bond acceptors (Lipinski definition) is 4. The van der Waals surface area contributed by atoms with Crippen LogP contribution in [0.2, 0.25) is 0 Å². The zero-order chi connectivity index (χ0) is 12.5. The van der Waals surface area contributed by atoms with Crippen molar-refractivity contribution in [1.82, 2.24) is 24.1 Å². The van der Waals surface area contributed by atoms with Crippen molar-refractivity contribution >= 4 is 10.0 Å². The summed E-state index contributed by atoms with van der Waals surface area (Å²) in [5.41, 5.74) is 0.832. The highest BCUT2D eigenvalue weighted by molar-refractivity contribution is 7.89. The maximum Gasteiger partial charge on any atom is 0.260 e. The molecule has 1 N–H and O–H groups in total. The Bertz CT molecular complexity index is 587. The maximum atomic E-state index is 12.0. The summed E-state index contributed by atoms with van der Waals surface area (Å²) < 4.78 is 26.9. The molecule has 2 aromatic heterocycles. The van der Waals surface area contributed by atoms with Gasteiger partial charge in [0.2, 0.25) is 0 Å². The summed E-state index contributed by atoms with van der Waals surface area (Å²) >= 11 is 0. The first-order valence-electron chi connectivity index (χ1n) is 4.92. The van der Waals surface area contributed by atoms with E-state index >= 15 is 0 Å². The first-order valence-corrected chi connectivity index (χ1v) is 6.36. The Hall–Kier alpha value is -1.67. The molecule has 17 heavy (non-hydrogen) atoms. The zero-order valence-corrected chi connectivity index (χ0v) is 10.3. The summed E-state index contributed by atoms with van der Waals surface area (Å²) in [5, 5.41) is 4.08. The standard InChI is InChI=1S/C9H13N5O2S/c1-13-5-8(3-12-13)6-14(2)17(15,16)9-4-10-7-11-9/h3-5,7H,6H2,1-2H3,(H,10,11). The lowest BCUT2D eigenvalue weighted by molar-refractivity contribution is 0.464. The third-order valence-corrected chi connectivity index (χ3v) is 4.05. The Kier molecular flexibility index (Phi) is 2.99. The zero-order valence-electron chi connectivity index (χ0n) is 9.53. The number of sulfonamides is 1. The maximum absolute atomic E-state index is 12.0. The van der Waals surface area contributed by atoms with Gasteiger partial charge < -0.3 is 4.98 Å². The van der Waals surface area contributed by atoms with Gasteiger partial charge in [-0.2, -0.15) is 9.40 Å². The fraction of sp³-hybridized carbons (Fsp3) is 0.333. The molecule has 92 valence electrons. The van der Waals surface area contributed by atoms with Gasteiger partial charge in [0.05, 0.1) is 18.7 Å². The fourth-order valence-corrected chi connectivity index (χ4v) is 2.50. The summed E-state index contributed by atoms with van der Waals surface area (Å²) in [5.74, 6) is 0. The lowest BCUT2D eigenvalue weighted by atomic mass is 10.4. The topological polar surface area (TPSA) is 83.9 Å². The normalized spacial score (nSPS) is 12.2. The van der Waals surface area contributed by atoms with E-state index in [0.29, 0.717) is 0 Å². The number of hydrogen-bond donors (Lipinski definition) is 1. The van der Waals surface area contributed by atoms with Crippen LogP contribution in [0.4, 0.5) is 0 Å². The molecule has 0 atom stereocenters. The molecule has 0 radical (unpaired) electrons. The van der Waals surface area contributed by atoms with Gasteiger partial charge in [0.25, 0.3) is 10.0 Å². The van der Waals surface area contributed by atoms with Crippen LogP contribution < -0.4 is 0 Å². The fourth-order valence-electron chi connectivity index (χ4n) is 1.45. The van der Waals surface area contributed by atoms with Gasteiger partial charge in [0.15, 0.2) is 5.03 Å². The van der Waals surface area contributed by atoms with Gasteiger partial charge in [0, 0.05) is 32.4 Å². The van der Waals surface area contributed by atoms with E-state index in [1.54, 1.807) is 24.1 Å². The SMILES string of the molecule is CN(Cc1cnn(C)c1)S(=O)(=O)c1cnc[nH]1. The second-order valence-electron chi connectivity index (χ2n) is 3.70. The van der Waals surface area contributed by atoms with Crippen molar-refractivity contribution in [2.45, 2.75) is 11.6 Å². The van der Waals surface area contributed by atoms with Crippen molar-refractivity contribution in [1.29, 1.82) is 0 Å². The van der Waals surface area contributed by atoms with Crippen LogP contribution in [0.25, 0.3) is 0 Å². The van der Waals surface area contributed by atoms with Crippen LogP contribution in [0.15, 0.2) is 29.9 Å². The molecule has 7 nitrogen and oxygen atoms in total. The number of H-pyrrole nitrogens is 1. The van der Waals surface area contributed by atoms with Crippen LogP contribution in [0.5, 0.6) is 0 Å². The van der Waals surface area contributed by atoms with Crippen LogP contribution in [0.1, 0.15) is 5.56 Å². The summed E-state index contributed by atoms with van der Waals surface area (Å²) in [6.07, 6.45) is 6.04. The Morgan fingerprint density at radius 1 is 1.47 bits per heavy atom. The molecule has 0 aliphatic rings. The lowest BCUT2D eigenvalue weighted by Gasteiger charge is -2.14. The average molecular weight is 255 g/mol. The van der Waals surface area contributed by atoms with Crippen molar-refractivity contribution < 1.29 is 8.42 Å². The molecule has 0 spiro atoms. The van der Waals surface area contributed by atoms with E-state index in [9.17, 15) is 8.42 Å². The first-order chi connectivity index (χ1) is 8.00. The summed E-state index contributed by atoms with van der Waals surface area (Å²) in [6, 6.07) is 0. The van der Waals surface area contributed by atoms with Crippen molar-refractivity contribution in [3.63, 3.8) is 0 Å². The molecule has 0 saturated heterocycles. The van der Waals surface area contributed by atoms with Crippen molar-refractivity contribution in [2.75, 3.05) is 7.05 Å². The van der Waals surface area contributed by atoms with E-state index in [4.69, 9.17) is 0 Å². The molecule has 8 heteroatoms. The number of aromatic nitrogens is 4. The molecule has 0 aliphatic carbocycles. The quantitative estimate of drug-likeness (QED) is 0.831. The van der Waals surface area contributed by atoms with Gasteiger partial charge in [-0.15, -0.1) is 0 Å².